The lowest BCUT2D eigenvalue weighted by atomic mass is 9.93. The number of hydrogen-bond acceptors (Lipinski definition) is 9. The van der Waals surface area contributed by atoms with Gasteiger partial charge in [-0.2, -0.15) is 0 Å². The van der Waals surface area contributed by atoms with Crippen LogP contribution in [0.2, 0.25) is 36.3 Å². The van der Waals surface area contributed by atoms with Crippen LogP contribution in [0.4, 0.5) is 10.5 Å². The van der Waals surface area contributed by atoms with E-state index in [0.29, 0.717) is 14.9 Å². The van der Waals surface area contributed by atoms with Crippen molar-refractivity contribution in [3.8, 4) is 0 Å². The van der Waals surface area contributed by atoms with Crippen molar-refractivity contribution in [3.05, 3.63) is 38.5 Å². The normalized spacial score (nSPS) is 20.2. The van der Waals surface area contributed by atoms with Gasteiger partial charge >= 0.3 is 6.03 Å². The van der Waals surface area contributed by atoms with Crippen LogP contribution in [0.1, 0.15) is 107 Å². The summed E-state index contributed by atoms with van der Waals surface area (Å²) in [5, 5.41) is 15.0. The molecule has 1 aromatic carbocycles. The van der Waals surface area contributed by atoms with E-state index in [1.807, 2.05) is 0 Å². The van der Waals surface area contributed by atoms with Gasteiger partial charge in [-0.1, -0.05) is 41.5 Å². The van der Waals surface area contributed by atoms with E-state index in [0.717, 1.165) is 55.5 Å². The summed E-state index contributed by atoms with van der Waals surface area (Å²) in [5.74, 6) is -0.859. The average Bonchev–Trinajstić information content (AvgIpc) is 3.75. The molecule has 1 fully saturated rings. The standard InChI is InChI=1S/C36H60N4O6S2Si2/c1-23-24-16-14-18-26(24)29(27-19-15-17-25(23)27)38-32(41)39-48(43,40-49(10,11)33(2,3)4)30-28(20-46-50(12,13)34(5,6)7)37-31(47-30)36(42)21-44-35(8,9)45-22-36/h42H,14-22H2,1-13H3,(H2,38,39,40,41,43). The minimum atomic E-state index is -3.64. The third-order valence-corrected chi connectivity index (χ3v) is 25.8. The number of nitrogens with zero attached hydrogens (tertiary/aromatic N) is 2. The van der Waals surface area contributed by atoms with Crippen molar-refractivity contribution in [1.82, 2.24) is 9.71 Å². The third kappa shape index (κ3) is 7.69. The summed E-state index contributed by atoms with van der Waals surface area (Å²) >= 11 is 1.10. The molecule has 0 spiro atoms. The molecule has 0 saturated carbocycles. The van der Waals surface area contributed by atoms with Crippen molar-refractivity contribution >= 4 is 49.5 Å². The number of hydrogen-bond donors (Lipinski definition) is 3. The minimum Gasteiger partial charge on any atom is -0.411 e. The molecule has 1 saturated heterocycles. The molecule has 2 aromatic rings. The largest absolute Gasteiger partial charge is 0.411 e. The zero-order valence-electron chi connectivity index (χ0n) is 32.6. The number of nitrogens with one attached hydrogen (secondary N) is 2. The minimum absolute atomic E-state index is 0.0480. The molecule has 14 heteroatoms. The van der Waals surface area contributed by atoms with E-state index in [4.69, 9.17) is 22.9 Å². The van der Waals surface area contributed by atoms with Crippen LogP contribution in [0.15, 0.2) is 8.24 Å². The Morgan fingerprint density at radius 1 is 0.960 bits per heavy atom. The first-order valence-electron chi connectivity index (χ1n) is 18.0. The highest BCUT2D eigenvalue weighted by Gasteiger charge is 2.45. The molecule has 1 atom stereocenters. The molecular weight excluding hydrogens is 705 g/mol. The van der Waals surface area contributed by atoms with Crippen LogP contribution in [0.5, 0.6) is 0 Å². The molecule has 3 aliphatic rings. The number of carbonyl (C=O) groups excluding carboxylic acids is 1. The monoisotopic (exact) mass is 764 g/mol. The predicted octanol–water partition coefficient (Wildman–Crippen LogP) is 8.49. The van der Waals surface area contributed by atoms with Gasteiger partial charge in [0.05, 0.1) is 25.5 Å². The summed E-state index contributed by atoms with van der Waals surface area (Å²) in [6.45, 7) is 27.0. The van der Waals surface area contributed by atoms with Crippen LogP contribution in [0.3, 0.4) is 0 Å². The van der Waals surface area contributed by atoms with Crippen molar-refractivity contribution in [2.75, 3.05) is 18.5 Å². The number of benzene rings is 1. The van der Waals surface area contributed by atoms with Crippen molar-refractivity contribution in [1.29, 1.82) is 0 Å². The fourth-order valence-electron chi connectivity index (χ4n) is 6.32. The molecule has 10 nitrogen and oxygen atoms in total. The molecule has 0 bridgehead atoms. The quantitative estimate of drug-likeness (QED) is 0.230. The average molecular weight is 765 g/mol. The van der Waals surface area contributed by atoms with Gasteiger partial charge < -0.3 is 24.3 Å². The lowest BCUT2D eigenvalue weighted by molar-refractivity contribution is -0.304. The molecule has 2 amide bonds. The number of aliphatic hydroxyl groups is 1. The van der Waals surface area contributed by atoms with Gasteiger partial charge in [0.2, 0.25) is 0 Å². The van der Waals surface area contributed by atoms with Crippen molar-refractivity contribution < 1.29 is 28.0 Å². The van der Waals surface area contributed by atoms with Gasteiger partial charge in [-0.25, -0.2) is 18.7 Å². The zero-order chi connectivity index (χ0) is 37.3. The number of aromatic nitrogens is 1. The second-order valence-electron chi connectivity index (χ2n) is 17.9. The summed E-state index contributed by atoms with van der Waals surface area (Å²) < 4.78 is 42.5. The van der Waals surface area contributed by atoms with Gasteiger partial charge in [-0.05, 0) is 123 Å². The van der Waals surface area contributed by atoms with Crippen molar-refractivity contribution in [2.24, 2.45) is 4.03 Å². The first kappa shape index (κ1) is 39.5. The first-order valence-corrected chi connectivity index (χ1v) is 26.2. The summed E-state index contributed by atoms with van der Waals surface area (Å²) in [6.07, 6.45) is 5.96. The van der Waals surface area contributed by atoms with E-state index in [-0.39, 0.29) is 29.9 Å². The van der Waals surface area contributed by atoms with E-state index >= 15 is 4.21 Å². The molecule has 50 heavy (non-hydrogen) atoms. The Balaban J connectivity index is 1.63. The molecule has 0 radical (unpaired) electrons. The Hall–Kier alpha value is -1.66. The van der Waals surface area contributed by atoms with Crippen LogP contribution in [-0.2, 0) is 61.7 Å². The van der Waals surface area contributed by atoms with E-state index in [9.17, 15) is 9.90 Å². The highest BCUT2D eigenvalue weighted by atomic mass is 32.2. The van der Waals surface area contributed by atoms with Gasteiger partial charge in [0.1, 0.15) is 9.22 Å². The molecule has 1 unspecified atom stereocenters. The van der Waals surface area contributed by atoms with E-state index < -0.39 is 43.9 Å². The third-order valence-electron chi connectivity index (χ3n) is 11.6. The molecule has 3 N–H and O–H groups in total. The van der Waals surface area contributed by atoms with Crippen LogP contribution in [0, 0.1) is 6.92 Å². The molecule has 1 aromatic heterocycles. The van der Waals surface area contributed by atoms with Crippen molar-refractivity contribution in [3.63, 3.8) is 0 Å². The number of urea groups is 1. The number of rotatable bonds is 8. The van der Waals surface area contributed by atoms with E-state index in [1.165, 1.54) is 27.8 Å². The smallest absolute Gasteiger partial charge is 0.331 e. The molecule has 280 valence electrons. The lowest BCUT2D eigenvalue weighted by Gasteiger charge is -2.39. The Morgan fingerprint density at radius 2 is 1.48 bits per heavy atom. The van der Waals surface area contributed by atoms with Gasteiger partial charge in [-0.15, -0.1) is 11.3 Å². The number of amides is 2. The fraction of sp³-hybridized carbons (Fsp3) is 0.722. The van der Waals surface area contributed by atoms with Gasteiger partial charge in [0.25, 0.3) is 0 Å². The Labute approximate surface area is 306 Å². The molecule has 2 heterocycles. The number of carbonyl (C=O) groups is 1. The number of ether oxygens (including phenoxy) is 2. The number of anilines is 1. The zero-order valence-corrected chi connectivity index (χ0v) is 36.2. The van der Waals surface area contributed by atoms with Gasteiger partial charge in [0.15, 0.2) is 37.9 Å². The maximum atomic E-state index is 15.7. The van der Waals surface area contributed by atoms with Crippen LogP contribution in [-0.4, -0.2) is 55.9 Å². The maximum absolute atomic E-state index is 15.7. The van der Waals surface area contributed by atoms with Gasteiger partial charge in [-0.3, -0.25) is 4.03 Å². The summed E-state index contributed by atoms with van der Waals surface area (Å²) in [4.78, 5) is 19.2. The molecule has 2 aliphatic carbocycles. The predicted molar refractivity (Wildman–Crippen MR) is 207 cm³/mol. The highest BCUT2D eigenvalue weighted by molar-refractivity contribution is 7.95. The van der Waals surface area contributed by atoms with Crippen LogP contribution in [0.25, 0.3) is 0 Å². The van der Waals surface area contributed by atoms with E-state index in [1.54, 1.807) is 13.8 Å². The first-order chi connectivity index (χ1) is 22.8. The van der Waals surface area contributed by atoms with E-state index in [2.05, 4.69) is 84.7 Å². The van der Waals surface area contributed by atoms with Crippen LogP contribution < -0.4 is 10.0 Å². The Bertz CT molecular complexity index is 1740. The molecular formula is C36H60N4O6S2Si2. The maximum Gasteiger partial charge on any atom is 0.331 e. The number of fused-ring (bicyclic) bond motifs is 2. The SMILES string of the molecule is Cc1c2c(c(NC(=O)NS(=O)(=N[Si](C)(C)C(C)(C)C)c3sc(C4(O)COC(C)(C)OC4)nc3CO[Si](C)(C)C(C)(C)C)c3c1CCC3)CCC2. The second kappa shape index (κ2) is 13.3. The van der Waals surface area contributed by atoms with Crippen LogP contribution >= 0.6 is 11.3 Å². The Kier molecular flexibility index (Phi) is 10.5. The Morgan fingerprint density at radius 3 is 1.98 bits per heavy atom. The highest BCUT2D eigenvalue weighted by Crippen LogP contribution is 2.44. The molecule has 5 rings (SSSR count). The molecule has 1 aliphatic heterocycles. The lowest BCUT2D eigenvalue weighted by Crippen LogP contribution is -2.49. The summed E-state index contributed by atoms with van der Waals surface area (Å²) in [7, 11) is -8.59. The topological polar surface area (TPSA) is 131 Å². The summed E-state index contributed by atoms with van der Waals surface area (Å²) in [5.41, 5.74) is 6.17. The van der Waals surface area contributed by atoms with Crippen molar-refractivity contribution in [2.45, 2.75) is 159 Å². The fourth-order valence-corrected chi connectivity index (χ4v) is 14.3. The summed E-state index contributed by atoms with van der Waals surface area (Å²) in [6, 6.07) is -0.555. The van der Waals surface area contributed by atoms with Gasteiger partial charge in [0, 0.05) is 5.69 Å². The second-order valence-corrected chi connectivity index (χ2v) is 31.0. The number of thiazole rings is 1.